The lowest BCUT2D eigenvalue weighted by Crippen LogP contribution is -2.02. The van der Waals surface area contributed by atoms with Crippen LogP contribution in [0.1, 0.15) is 5.56 Å². The van der Waals surface area contributed by atoms with Crippen molar-refractivity contribution < 1.29 is 9.31 Å². The van der Waals surface area contributed by atoms with Gasteiger partial charge < -0.3 is 5.32 Å². The molecule has 2 aromatic rings. The summed E-state index contributed by atoms with van der Waals surface area (Å²) in [5, 5.41) is 13.8. The summed E-state index contributed by atoms with van der Waals surface area (Å²) in [6.07, 6.45) is 0. The highest BCUT2D eigenvalue weighted by Crippen LogP contribution is 2.28. The second-order valence-electron chi connectivity index (χ2n) is 4.01. The number of nitrogens with zero attached hydrogens (tertiary/aromatic N) is 1. The summed E-state index contributed by atoms with van der Waals surface area (Å²) in [7, 11) is 0. The Bertz CT molecular complexity index is 665. The van der Waals surface area contributed by atoms with Gasteiger partial charge in [0.15, 0.2) is 0 Å². The van der Waals surface area contributed by atoms with Crippen molar-refractivity contribution in [3.8, 4) is 0 Å². The molecule has 2 aromatic carbocycles. The molecule has 4 nitrogen and oxygen atoms in total. The molecule has 104 valence electrons. The number of benzene rings is 2. The summed E-state index contributed by atoms with van der Waals surface area (Å²) < 4.78 is 14.4. The molecule has 0 radical (unpaired) electrons. The number of nitro groups is 1. The number of hydrogen-bond donors (Lipinski definition) is 1. The summed E-state index contributed by atoms with van der Waals surface area (Å²) in [6, 6.07) is 8.87. The van der Waals surface area contributed by atoms with Crippen molar-refractivity contribution in [2.45, 2.75) is 6.54 Å². The lowest BCUT2D eigenvalue weighted by atomic mass is 10.2. The number of rotatable bonds is 4. The maximum Gasteiger partial charge on any atom is 0.271 e. The zero-order valence-corrected chi connectivity index (χ0v) is 13.2. The first-order chi connectivity index (χ1) is 9.47. The Balaban J connectivity index is 2.18. The Hall–Kier alpha value is -1.47. The molecule has 0 amide bonds. The maximum atomic E-state index is 13.0. The van der Waals surface area contributed by atoms with Crippen LogP contribution in [0.2, 0.25) is 0 Å². The van der Waals surface area contributed by atoms with Crippen molar-refractivity contribution in [1.29, 1.82) is 0 Å². The number of nitro benzene ring substituents is 1. The number of non-ortho nitro benzene ring substituents is 1. The normalized spacial score (nSPS) is 10.3. The van der Waals surface area contributed by atoms with Gasteiger partial charge in [-0.2, -0.15) is 0 Å². The maximum absolute atomic E-state index is 13.0. The number of halogens is 3. The molecule has 0 saturated carbocycles. The molecular formula is C13H9Br2FN2O2. The molecule has 7 heteroatoms. The lowest BCUT2D eigenvalue weighted by molar-refractivity contribution is -0.384. The van der Waals surface area contributed by atoms with Crippen molar-refractivity contribution >= 4 is 43.2 Å². The van der Waals surface area contributed by atoms with Gasteiger partial charge in [-0.3, -0.25) is 10.1 Å². The predicted octanol–water partition coefficient (Wildman–Crippen LogP) is 4.87. The van der Waals surface area contributed by atoms with Crippen LogP contribution in [0.15, 0.2) is 45.3 Å². The van der Waals surface area contributed by atoms with Crippen LogP contribution in [0, 0.1) is 15.9 Å². The molecule has 0 aromatic heterocycles. The monoisotopic (exact) mass is 402 g/mol. The van der Waals surface area contributed by atoms with Gasteiger partial charge in [-0.05, 0) is 39.7 Å². The van der Waals surface area contributed by atoms with E-state index in [1.54, 1.807) is 12.1 Å². The molecule has 0 unspecified atom stereocenters. The van der Waals surface area contributed by atoms with Gasteiger partial charge in [0.25, 0.3) is 5.69 Å². The summed E-state index contributed by atoms with van der Waals surface area (Å²) >= 11 is 6.60. The first-order valence-electron chi connectivity index (χ1n) is 5.59. The van der Waals surface area contributed by atoms with E-state index in [9.17, 15) is 14.5 Å². The Labute approximate surface area is 131 Å². The molecule has 0 aliphatic heterocycles. The van der Waals surface area contributed by atoms with Crippen molar-refractivity contribution in [2.24, 2.45) is 0 Å². The van der Waals surface area contributed by atoms with Gasteiger partial charge in [0.05, 0.1) is 10.6 Å². The molecule has 1 N–H and O–H groups in total. The third-order valence-electron chi connectivity index (χ3n) is 2.65. The van der Waals surface area contributed by atoms with Crippen LogP contribution < -0.4 is 5.32 Å². The SMILES string of the molecule is O=[N+]([O-])c1ccc(Br)c(NCc2ccc(F)cc2Br)c1. The van der Waals surface area contributed by atoms with Gasteiger partial charge in [-0.1, -0.05) is 22.0 Å². The van der Waals surface area contributed by atoms with E-state index in [1.807, 2.05) is 0 Å². The second kappa shape index (κ2) is 6.32. The van der Waals surface area contributed by atoms with E-state index in [2.05, 4.69) is 37.2 Å². The Morgan fingerprint density at radius 2 is 1.90 bits per heavy atom. The van der Waals surface area contributed by atoms with Crippen LogP contribution in [0.4, 0.5) is 15.8 Å². The number of hydrogen-bond acceptors (Lipinski definition) is 3. The van der Waals surface area contributed by atoms with Gasteiger partial charge in [-0.15, -0.1) is 0 Å². The molecule has 0 aliphatic rings. The minimum Gasteiger partial charge on any atom is -0.380 e. The molecule has 2 rings (SSSR count). The summed E-state index contributed by atoms with van der Waals surface area (Å²) in [4.78, 5) is 10.3. The zero-order valence-electron chi connectivity index (χ0n) is 10.1. The number of anilines is 1. The minimum absolute atomic E-state index is 0.00821. The largest absolute Gasteiger partial charge is 0.380 e. The molecule has 0 fully saturated rings. The highest BCUT2D eigenvalue weighted by Gasteiger charge is 2.10. The van der Waals surface area contributed by atoms with Crippen molar-refractivity contribution in [2.75, 3.05) is 5.32 Å². The van der Waals surface area contributed by atoms with Gasteiger partial charge >= 0.3 is 0 Å². The van der Waals surface area contributed by atoms with Gasteiger partial charge in [-0.25, -0.2) is 4.39 Å². The molecule has 0 bridgehead atoms. The van der Waals surface area contributed by atoms with Crippen molar-refractivity contribution in [3.05, 3.63) is 66.8 Å². The smallest absolute Gasteiger partial charge is 0.271 e. The second-order valence-corrected chi connectivity index (χ2v) is 5.72. The third kappa shape index (κ3) is 3.55. The van der Waals surface area contributed by atoms with Crippen LogP contribution in [0.5, 0.6) is 0 Å². The highest BCUT2D eigenvalue weighted by molar-refractivity contribution is 9.10. The van der Waals surface area contributed by atoms with Crippen LogP contribution in [0.25, 0.3) is 0 Å². The Kier molecular flexibility index (Phi) is 4.72. The van der Waals surface area contributed by atoms with E-state index < -0.39 is 4.92 Å². The van der Waals surface area contributed by atoms with E-state index in [0.717, 1.165) is 10.0 Å². The van der Waals surface area contributed by atoms with Gasteiger partial charge in [0, 0.05) is 27.6 Å². The van der Waals surface area contributed by atoms with E-state index in [4.69, 9.17) is 0 Å². The van der Waals surface area contributed by atoms with Crippen LogP contribution in [-0.2, 0) is 6.54 Å². The lowest BCUT2D eigenvalue weighted by Gasteiger charge is -2.10. The molecule has 20 heavy (non-hydrogen) atoms. The van der Waals surface area contributed by atoms with Crippen molar-refractivity contribution in [3.63, 3.8) is 0 Å². The Morgan fingerprint density at radius 3 is 2.55 bits per heavy atom. The minimum atomic E-state index is -0.453. The van der Waals surface area contributed by atoms with E-state index in [1.165, 1.54) is 24.3 Å². The van der Waals surface area contributed by atoms with E-state index in [-0.39, 0.29) is 11.5 Å². The average molecular weight is 404 g/mol. The Morgan fingerprint density at radius 1 is 1.15 bits per heavy atom. The average Bonchev–Trinajstić information content (AvgIpc) is 2.39. The van der Waals surface area contributed by atoms with Gasteiger partial charge in [0.2, 0.25) is 0 Å². The fourth-order valence-corrected chi connectivity index (χ4v) is 2.50. The first-order valence-corrected chi connectivity index (χ1v) is 7.17. The van der Waals surface area contributed by atoms with E-state index >= 15 is 0 Å². The zero-order chi connectivity index (χ0) is 14.7. The predicted molar refractivity (Wildman–Crippen MR) is 82.2 cm³/mol. The van der Waals surface area contributed by atoms with Crippen LogP contribution in [0.3, 0.4) is 0 Å². The van der Waals surface area contributed by atoms with Crippen molar-refractivity contribution in [1.82, 2.24) is 0 Å². The molecule has 0 atom stereocenters. The van der Waals surface area contributed by atoms with Crippen LogP contribution in [-0.4, -0.2) is 4.92 Å². The first kappa shape index (κ1) is 14.9. The van der Waals surface area contributed by atoms with Gasteiger partial charge in [0.1, 0.15) is 5.82 Å². The summed E-state index contributed by atoms with van der Waals surface area (Å²) in [6.45, 7) is 0.417. The number of nitrogens with one attached hydrogen (secondary N) is 1. The molecular weight excluding hydrogens is 395 g/mol. The third-order valence-corrected chi connectivity index (χ3v) is 4.07. The molecule has 0 aliphatic carbocycles. The summed E-state index contributed by atoms with van der Waals surface area (Å²) in [5.41, 5.74) is 1.47. The highest BCUT2D eigenvalue weighted by atomic mass is 79.9. The van der Waals surface area contributed by atoms with Crippen LogP contribution >= 0.6 is 31.9 Å². The van der Waals surface area contributed by atoms with E-state index in [0.29, 0.717) is 16.7 Å². The summed E-state index contributed by atoms with van der Waals surface area (Å²) in [5.74, 6) is -0.322. The molecule has 0 heterocycles. The quantitative estimate of drug-likeness (QED) is 0.585. The molecule has 0 saturated heterocycles. The fraction of sp³-hybridized carbons (Fsp3) is 0.0769. The standard InChI is InChI=1S/C13H9Br2FN2O2/c14-11-4-3-10(18(19)20)6-13(11)17-7-8-1-2-9(16)5-12(8)15/h1-6,17H,7H2. The topological polar surface area (TPSA) is 55.2 Å². The fourth-order valence-electron chi connectivity index (χ4n) is 1.62. The molecule has 0 spiro atoms.